The van der Waals surface area contributed by atoms with Gasteiger partial charge in [0.25, 0.3) is 0 Å². The van der Waals surface area contributed by atoms with E-state index < -0.39 is 11.8 Å². The van der Waals surface area contributed by atoms with Gasteiger partial charge in [0, 0.05) is 0 Å². The zero-order valence-corrected chi connectivity index (χ0v) is 8.75. The fourth-order valence-corrected chi connectivity index (χ4v) is 1.15. The van der Waals surface area contributed by atoms with Gasteiger partial charge in [-0.3, -0.25) is 0 Å². The van der Waals surface area contributed by atoms with E-state index in [0.29, 0.717) is 6.61 Å². The van der Waals surface area contributed by atoms with Crippen LogP contribution in [0, 0.1) is 5.82 Å². The molecule has 0 fully saturated rings. The highest BCUT2D eigenvalue weighted by Gasteiger charge is 2.16. The van der Waals surface area contributed by atoms with Crippen molar-refractivity contribution in [1.82, 2.24) is 0 Å². The molecule has 0 saturated heterocycles. The second-order valence-electron chi connectivity index (χ2n) is 2.96. The lowest BCUT2D eigenvalue weighted by atomic mass is 10.2. The quantitative estimate of drug-likeness (QED) is 0.719. The van der Waals surface area contributed by atoms with Crippen molar-refractivity contribution < 1.29 is 18.7 Å². The first-order chi connectivity index (χ1) is 7.20. The molecule has 0 bridgehead atoms. The first kappa shape index (κ1) is 11.5. The van der Waals surface area contributed by atoms with E-state index >= 15 is 0 Å². The molecule has 0 atom stereocenters. The third-order valence-electron chi connectivity index (χ3n) is 1.83. The summed E-state index contributed by atoms with van der Waals surface area (Å²) in [6.45, 7) is 2.20. The summed E-state index contributed by atoms with van der Waals surface area (Å²) < 4.78 is 22.9. The number of rotatable bonds is 4. The van der Waals surface area contributed by atoms with Crippen LogP contribution in [0.1, 0.15) is 23.7 Å². The molecule has 1 aromatic rings. The number of ether oxygens (including phenoxy) is 2. The Morgan fingerprint density at radius 2 is 2.20 bits per heavy atom. The van der Waals surface area contributed by atoms with E-state index in [2.05, 4.69) is 0 Å². The molecule has 1 rings (SSSR count). The fraction of sp³-hybridized carbons (Fsp3) is 0.364. The summed E-state index contributed by atoms with van der Waals surface area (Å²) in [6, 6.07) is 4.15. The van der Waals surface area contributed by atoms with E-state index in [4.69, 9.17) is 9.47 Å². The third-order valence-corrected chi connectivity index (χ3v) is 1.83. The molecule has 0 unspecified atom stereocenters. The van der Waals surface area contributed by atoms with Crippen molar-refractivity contribution in [1.29, 1.82) is 0 Å². The summed E-state index contributed by atoms with van der Waals surface area (Å²) in [5.74, 6) is -1.20. The molecule has 0 N–H and O–H groups in total. The van der Waals surface area contributed by atoms with Gasteiger partial charge in [0.15, 0.2) is 11.6 Å². The van der Waals surface area contributed by atoms with Crippen molar-refractivity contribution in [3.05, 3.63) is 29.6 Å². The standard InChI is InChI=1S/C11H13FO3/c1-3-7-15-11(13)8-5-4-6-9(12)10(8)14-2/h4-6H,3,7H2,1-2H3. The summed E-state index contributed by atoms with van der Waals surface area (Å²) >= 11 is 0. The van der Waals surface area contributed by atoms with Gasteiger partial charge in [-0.15, -0.1) is 0 Å². The van der Waals surface area contributed by atoms with Gasteiger partial charge in [-0.25, -0.2) is 9.18 Å². The maximum absolute atomic E-state index is 13.2. The number of halogens is 1. The fourth-order valence-electron chi connectivity index (χ4n) is 1.15. The van der Waals surface area contributed by atoms with E-state index in [0.717, 1.165) is 6.42 Å². The van der Waals surface area contributed by atoms with Gasteiger partial charge in [0.2, 0.25) is 0 Å². The van der Waals surface area contributed by atoms with Crippen molar-refractivity contribution >= 4 is 5.97 Å². The number of carbonyl (C=O) groups excluding carboxylic acids is 1. The normalized spacial score (nSPS) is 9.80. The Morgan fingerprint density at radius 1 is 1.47 bits per heavy atom. The Morgan fingerprint density at radius 3 is 2.80 bits per heavy atom. The summed E-state index contributed by atoms with van der Waals surface area (Å²) in [7, 11) is 1.31. The molecule has 0 amide bonds. The third kappa shape index (κ3) is 2.68. The van der Waals surface area contributed by atoms with Crippen LogP contribution in [0.5, 0.6) is 5.75 Å². The number of benzene rings is 1. The summed E-state index contributed by atoms with van der Waals surface area (Å²) in [5, 5.41) is 0. The van der Waals surface area contributed by atoms with Crippen LogP contribution in [0.3, 0.4) is 0 Å². The molecule has 15 heavy (non-hydrogen) atoms. The Balaban J connectivity index is 2.92. The van der Waals surface area contributed by atoms with Gasteiger partial charge in [-0.05, 0) is 18.6 Å². The van der Waals surface area contributed by atoms with Crippen LogP contribution in [0.2, 0.25) is 0 Å². The van der Waals surface area contributed by atoms with Crippen LogP contribution in [0.4, 0.5) is 4.39 Å². The van der Waals surface area contributed by atoms with Crippen LogP contribution < -0.4 is 4.74 Å². The average Bonchev–Trinajstić information content (AvgIpc) is 2.25. The van der Waals surface area contributed by atoms with Crippen molar-refractivity contribution in [3.63, 3.8) is 0 Å². The lowest BCUT2D eigenvalue weighted by Gasteiger charge is -2.08. The van der Waals surface area contributed by atoms with Gasteiger partial charge in [0.1, 0.15) is 5.56 Å². The van der Waals surface area contributed by atoms with Crippen LogP contribution in [-0.2, 0) is 4.74 Å². The number of carbonyl (C=O) groups is 1. The van der Waals surface area contributed by atoms with Gasteiger partial charge in [-0.1, -0.05) is 13.0 Å². The molecule has 4 heteroatoms. The second kappa shape index (κ2) is 5.34. The lowest BCUT2D eigenvalue weighted by Crippen LogP contribution is -2.08. The predicted molar refractivity (Wildman–Crippen MR) is 53.5 cm³/mol. The van der Waals surface area contributed by atoms with E-state index in [1.807, 2.05) is 6.92 Å². The Bertz CT molecular complexity index is 350. The molecular weight excluding hydrogens is 199 g/mol. The molecule has 3 nitrogen and oxygen atoms in total. The van der Waals surface area contributed by atoms with Crippen LogP contribution in [0.15, 0.2) is 18.2 Å². The summed E-state index contributed by atoms with van der Waals surface area (Å²) in [6.07, 6.45) is 0.726. The smallest absolute Gasteiger partial charge is 0.342 e. The van der Waals surface area contributed by atoms with E-state index in [9.17, 15) is 9.18 Å². The Labute approximate surface area is 87.8 Å². The molecule has 0 radical (unpaired) electrons. The van der Waals surface area contributed by atoms with E-state index in [-0.39, 0.29) is 11.3 Å². The molecule has 0 aliphatic heterocycles. The van der Waals surface area contributed by atoms with Crippen molar-refractivity contribution in [2.75, 3.05) is 13.7 Å². The minimum Gasteiger partial charge on any atom is -0.493 e. The lowest BCUT2D eigenvalue weighted by molar-refractivity contribution is 0.0500. The number of para-hydroxylation sites is 1. The average molecular weight is 212 g/mol. The second-order valence-corrected chi connectivity index (χ2v) is 2.96. The van der Waals surface area contributed by atoms with Crippen LogP contribution in [0.25, 0.3) is 0 Å². The highest BCUT2D eigenvalue weighted by atomic mass is 19.1. The number of hydrogen-bond donors (Lipinski definition) is 0. The topological polar surface area (TPSA) is 35.5 Å². The Hall–Kier alpha value is -1.58. The largest absolute Gasteiger partial charge is 0.493 e. The van der Waals surface area contributed by atoms with Gasteiger partial charge in [-0.2, -0.15) is 0 Å². The van der Waals surface area contributed by atoms with Crippen molar-refractivity contribution in [3.8, 4) is 5.75 Å². The van der Waals surface area contributed by atoms with Gasteiger partial charge >= 0.3 is 5.97 Å². The SMILES string of the molecule is CCCOC(=O)c1cccc(F)c1OC. The zero-order valence-electron chi connectivity index (χ0n) is 8.75. The molecule has 0 heterocycles. The minimum atomic E-state index is -0.566. The number of hydrogen-bond acceptors (Lipinski definition) is 3. The summed E-state index contributed by atoms with van der Waals surface area (Å²) in [4.78, 5) is 11.5. The number of methoxy groups -OCH3 is 1. The first-order valence-electron chi connectivity index (χ1n) is 4.70. The maximum Gasteiger partial charge on any atom is 0.342 e. The molecule has 82 valence electrons. The molecule has 0 aliphatic carbocycles. The monoisotopic (exact) mass is 212 g/mol. The van der Waals surface area contributed by atoms with Crippen LogP contribution in [-0.4, -0.2) is 19.7 Å². The molecular formula is C11H13FO3. The van der Waals surface area contributed by atoms with Gasteiger partial charge in [0.05, 0.1) is 13.7 Å². The van der Waals surface area contributed by atoms with Crippen LogP contribution >= 0.6 is 0 Å². The predicted octanol–water partition coefficient (Wildman–Crippen LogP) is 2.40. The first-order valence-corrected chi connectivity index (χ1v) is 4.70. The Kier molecular flexibility index (Phi) is 4.09. The highest BCUT2D eigenvalue weighted by Crippen LogP contribution is 2.22. The summed E-state index contributed by atoms with van der Waals surface area (Å²) in [5.41, 5.74) is 0.117. The van der Waals surface area contributed by atoms with E-state index in [1.165, 1.54) is 25.3 Å². The minimum absolute atomic E-state index is 0.0707. The van der Waals surface area contributed by atoms with Crippen molar-refractivity contribution in [2.45, 2.75) is 13.3 Å². The molecule has 0 aromatic heterocycles. The highest BCUT2D eigenvalue weighted by molar-refractivity contribution is 5.92. The van der Waals surface area contributed by atoms with Crippen molar-refractivity contribution in [2.24, 2.45) is 0 Å². The zero-order chi connectivity index (χ0) is 11.3. The molecule has 0 saturated carbocycles. The molecule has 1 aromatic carbocycles. The van der Waals surface area contributed by atoms with E-state index in [1.54, 1.807) is 0 Å². The van der Waals surface area contributed by atoms with Gasteiger partial charge < -0.3 is 9.47 Å². The molecule has 0 aliphatic rings. The number of esters is 1. The molecule has 0 spiro atoms. The maximum atomic E-state index is 13.2.